The molecule has 0 aromatic heterocycles. The lowest BCUT2D eigenvalue weighted by molar-refractivity contribution is -0.121. The van der Waals surface area contributed by atoms with Crippen molar-refractivity contribution in [3.63, 3.8) is 0 Å². The first-order valence-electron chi connectivity index (χ1n) is 6.86. The van der Waals surface area contributed by atoms with Gasteiger partial charge in [-0.25, -0.2) is 0 Å². The Morgan fingerprint density at radius 1 is 1.29 bits per heavy atom. The van der Waals surface area contributed by atoms with E-state index in [1.54, 1.807) is 6.92 Å². The molecule has 0 aliphatic heterocycles. The number of aliphatic hydroxyl groups is 1. The molecule has 1 amide bonds. The van der Waals surface area contributed by atoms with Crippen LogP contribution in [0.3, 0.4) is 0 Å². The first kappa shape index (κ1) is 14.5. The normalized spacial score (nSPS) is 19.6. The van der Waals surface area contributed by atoms with Crippen molar-refractivity contribution >= 4 is 5.91 Å². The lowest BCUT2D eigenvalue weighted by Gasteiger charge is -2.16. The van der Waals surface area contributed by atoms with Crippen molar-refractivity contribution in [2.75, 3.05) is 13.1 Å². The van der Waals surface area contributed by atoms with E-state index in [-0.39, 0.29) is 12.0 Å². The second-order valence-electron chi connectivity index (χ2n) is 5.07. The third kappa shape index (κ3) is 7.34. The minimum absolute atomic E-state index is 0.0856. The Bertz CT molecular complexity index is 211. The average molecular weight is 242 g/mol. The van der Waals surface area contributed by atoms with Crippen LogP contribution in [0.1, 0.15) is 51.9 Å². The zero-order valence-electron chi connectivity index (χ0n) is 10.9. The van der Waals surface area contributed by atoms with Crippen molar-refractivity contribution in [3.05, 3.63) is 0 Å². The van der Waals surface area contributed by atoms with E-state index in [1.165, 1.54) is 25.7 Å². The summed E-state index contributed by atoms with van der Waals surface area (Å²) in [4.78, 5) is 11.6. The van der Waals surface area contributed by atoms with Gasteiger partial charge in [0, 0.05) is 6.04 Å². The maximum Gasteiger partial charge on any atom is 0.234 e. The summed E-state index contributed by atoms with van der Waals surface area (Å²) in [6, 6.07) is 0.378. The van der Waals surface area contributed by atoms with Crippen molar-refractivity contribution in [2.24, 2.45) is 0 Å². The van der Waals surface area contributed by atoms with Crippen LogP contribution in [0.25, 0.3) is 0 Å². The second-order valence-corrected chi connectivity index (χ2v) is 5.07. The number of aliphatic hydroxyl groups excluding tert-OH is 1. The summed E-state index contributed by atoms with van der Waals surface area (Å²) in [7, 11) is 0. The Kier molecular flexibility index (Phi) is 7.21. The molecule has 17 heavy (non-hydrogen) atoms. The van der Waals surface area contributed by atoms with Crippen molar-refractivity contribution in [1.29, 1.82) is 0 Å². The topological polar surface area (TPSA) is 61.4 Å². The van der Waals surface area contributed by atoms with Crippen molar-refractivity contribution in [1.82, 2.24) is 10.6 Å². The van der Waals surface area contributed by atoms with E-state index in [1.807, 2.05) is 0 Å². The number of hydrogen-bond acceptors (Lipinski definition) is 3. The van der Waals surface area contributed by atoms with E-state index in [9.17, 15) is 4.79 Å². The molecule has 1 saturated carbocycles. The minimum Gasteiger partial charge on any atom is -0.393 e. The highest BCUT2D eigenvalue weighted by Gasteiger charge is 2.14. The van der Waals surface area contributed by atoms with Crippen LogP contribution < -0.4 is 10.6 Å². The van der Waals surface area contributed by atoms with Gasteiger partial charge in [0.1, 0.15) is 0 Å². The van der Waals surface area contributed by atoms with E-state index < -0.39 is 0 Å². The van der Waals surface area contributed by atoms with E-state index in [0.717, 1.165) is 12.8 Å². The van der Waals surface area contributed by atoms with Gasteiger partial charge in [0.15, 0.2) is 0 Å². The third-order valence-electron chi connectivity index (χ3n) is 3.24. The van der Waals surface area contributed by atoms with Crippen LogP contribution in [-0.2, 0) is 4.79 Å². The summed E-state index contributed by atoms with van der Waals surface area (Å²) in [6.07, 6.45) is 7.72. The maximum absolute atomic E-state index is 11.6. The Morgan fingerprint density at radius 3 is 2.53 bits per heavy atom. The predicted molar refractivity (Wildman–Crippen MR) is 68.8 cm³/mol. The number of amides is 1. The first-order chi connectivity index (χ1) is 8.18. The molecule has 4 nitrogen and oxygen atoms in total. The van der Waals surface area contributed by atoms with Crippen LogP contribution in [0.2, 0.25) is 0 Å². The zero-order chi connectivity index (χ0) is 12.5. The summed E-state index contributed by atoms with van der Waals surface area (Å²) in [5, 5.41) is 15.2. The summed E-state index contributed by atoms with van der Waals surface area (Å²) in [5.41, 5.74) is 0. The number of carbonyl (C=O) groups excluding carboxylic acids is 1. The smallest absolute Gasteiger partial charge is 0.234 e. The van der Waals surface area contributed by atoms with Crippen LogP contribution >= 0.6 is 0 Å². The lowest BCUT2D eigenvalue weighted by atomic mass is 10.1. The predicted octanol–water partition coefficient (Wildman–Crippen LogP) is 1.19. The number of hydrogen-bond donors (Lipinski definition) is 3. The molecule has 1 atom stereocenters. The Balaban J connectivity index is 2.07. The van der Waals surface area contributed by atoms with Gasteiger partial charge in [-0.05, 0) is 32.7 Å². The highest BCUT2D eigenvalue weighted by molar-refractivity contribution is 5.78. The van der Waals surface area contributed by atoms with E-state index >= 15 is 0 Å². The van der Waals surface area contributed by atoms with Gasteiger partial charge in [-0.1, -0.05) is 25.7 Å². The van der Waals surface area contributed by atoms with Crippen molar-refractivity contribution in [3.8, 4) is 0 Å². The summed E-state index contributed by atoms with van der Waals surface area (Å²) >= 11 is 0. The van der Waals surface area contributed by atoms with Crippen LogP contribution in [0.5, 0.6) is 0 Å². The number of rotatable bonds is 6. The minimum atomic E-state index is -0.299. The molecule has 3 N–H and O–H groups in total. The number of nitrogens with one attached hydrogen (secondary N) is 2. The fourth-order valence-corrected chi connectivity index (χ4v) is 2.22. The molecule has 0 radical (unpaired) electrons. The molecule has 1 rings (SSSR count). The van der Waals surface area contributed by atoms with E-state index in [2.05, 4.69) is 10.6 Å². The molecule has 100 valence electrons. The fraction of sp³-hybridized carbons (Fsp3) is 0.923. The molecule has 0 bridgehead atoms. The quantitative estimate of drug-likeness (QED) is 0.484. The van der Waals surface area contributed by atoms with Gasteiger partial charge in [0.25, 0.3) is 0 Å². The highest BCUT2D eigenvalue weighted by atomic mass is 16.3. The van der Waals surface area contributed by atoms with Gasteiger partial charge < -0.3 is 15.7 Å². The Labute approximate surface area is 104 Å². The van der Waals surface area contributed by atoms with Crippen molar-refractivity contribution < 1.29 is 9.90 Å². The summed E-state index contributed by atoms with van der Waals surface area (Å²) in [5.74, 6) is 0.0856. The zero-order valence-corrected chi connectivity index (χ0v) is 10.9. The summed E-state index contributed by atoms with van der Waals surface area (Å²) < 4.78 is 0. The second kappa shape index (κ2) is 8.48. The highest BCUT2D eigenvalue weighted by Crippen LogP contribution is 2.16. The molecular formula is C13H26N2O2. The van der Waals surface area contributed by atoms with Crippen LogP contribution in [-0.4, -0.2) is 36.2 Å². The van der Waals surface area contributed by atoms with Crippen LogP contribution in [0.4, 0.5) is 0 Å². The molecule has 1 aliphatic carbocycles. The third-order valence-corrected chi connectivity index (χ3v) is 3.24. The van der Waals surface area contributed by atoms with Gasteiger partial charge in [0.05, 0.1) is 12.6 Å². The molecule has 0 heterocycles. The molecule has 4 heteroatoms. The van der Waals surface area contributed by atoms with Gasteiger partial charge in [-0.15, -0.1) is 0 Å². The molecule has 1 aliphatic rings. The molecule has 0 saturated heterocycles. The summed E-state index contributed by atoms with van der Waals surface area (Å²) in [6.45, 7) is 2.81. The van der Waals surface area contributed by atoms with E-state index in [0.29, 0.717) is 25.6 Å². The average Bonchev–Trinajstić information content (AvgIpc) is 2.53. The standard InChI is InChI=1S/C13H26N2O2/c1-11(16)8-9-14-10-13(17)15-12-6-4-2-3-5-7-12/h11-12,14,16H,2-10H2,1H3,(H,15,17). The first-order valence-corrected chi connectivity index (χ1v) is 6.86. The molecular weight excluding hydrogens is 216 g/mol. The molecule has 1 unspecified atom stereocenters. The maximum atomic E-state index is 11.6. The fourth-order valence-electron chi connectivity index (χ4n) is 2.22. The lowest BCUT2D eigenvalue weighted by Crippen LogP contribution is -2.40. The van der Waals surface area contributed by atoms with E-state index in [4.69, 9.17) is 5.11 Å². The van der Waals surface area contributed by atoms with Crippen LogP contribution in [0.15, 0.2) is 0 Å². The molecule has 0 spiro atoms. The van der Waals surface area contributed by atoms with Gasteiger partial charge in [-0.2, -0.15) is 0 Å². The van der Waals surface area contributed by atoms with Gasteiger partial charge in [-0.3, -0.25) is 4.79 Å². The Morgan fingerprint density at radius 2 is 1.94 bits per heavy atom. The van der Waals surface area contributed by atoms with Crippen molar-refractivity contribution in [2.45, 2.75) is 64.0 Å². The monoisotopic (exact) mass is 242 g/mol. The Hall–Kier alpha value is -0.610. The molecule has 0 aromatic carbocycles. The van der Waals surface area contributed by atoms with Crippen LogP contribution in [0, 0.1) is 0 Å². The van der Waals surface area contributed by atoms with Gasteiger partial charge in [0.2, 0.25) is 5.91 Å². The number of carbonyl (C=O) groups is 1. The molecule has 0 aromatic rings. The largest absolute Gasteiger partial charge is 0.393 e. The van der Waals surface area contributed by atoms with Gasteiger partial charge >= 0.3 is 0 Å². The SMILES string of the molecule is CC(O)CCNCC(=O)NC1CCCCCC1. The molecule has 1 fully saturated rings.